The Morgan fingerprint density at radius 1 is 1.00 bits per heavy atom. The van der Waals surface area contributed by atoms with E-state index in [1.165, 1.54) is 0 Å². The maximum Gasteiger partial charge on any atom is 0.239 e. The minimum Gasteiger partial charge on any atom is -0.497 e. The minimum absolute atomic E-state index is 0.0119. The molecule has 1 heterocycles. The van der Waals surface area contributed by atoms with Crippen molar-refractivity contribution in [2.75, 3.05) is 7.11 Å². The summed E-state index contributed by atoms with van der Waals surface area (Å²) in [6.45, 7) is 5.94. The second kappa shape index (κ2) is 7.56. The number of aromatic nitrogens is 1. The molecule has 0 aliphatic carbocycles. The molecule has 0 saturated carbocycles. The summed E-state index contributed by atoms with van der Waals surface area (Å²) < 4.78 is 6.91. The van der Waals surface area contributed by atoms with Crippen LogP contribution in [0.2, 0.25) is 0 Å². The van der Waals surface area contributed by atoms with E-state index < -0.39 is 0 Å². The van der Waals surface area contributed by atoms with Crippen molar-refractivity contribution in [3.8, 4) is 5.75 Å². The molecule has 3 aromatic rings. The van der Waals surface area contributed by atoms with Gasteiger partial charge in [0, 0.05) is 12.2 Å². The molecule has 4 heteroatoms. The highest BCUT2D eigenvalue weighted by molar-refractivity contribution is 5.89. The topological polar surface area (TPSA) is 43.6 Å². The molecule has 3 rings (SSSR count). The van der Waals surface area contributed by atoms with E-state index >= 15 is 0 Å². The Morgan fingerprint density at radius 3 is 2.46 bits per heavy atom. The first-order chi connectivity index (χ1) is 12.5. The van der Waals surface area contributed by atoms with Crippen molar-refractivity contribution >= 4 is 16.7 Å². The third kappa shape index (κ3) is 3.69. The van der Waals surface area contributed by atoms with Crippen LogP contribution in [0.25, 0.3) is 10.8 Å². The maximum absolute atomic E-state index is 13.1. The molecule has 0 unspecified atom stereocenters. The van der Waals surface area contributed by atoms with Gasteiger partial charge in [-0.3, -0.25) is 14.4 Å². The normalized spacial score (nSPS) is 13.2. The summed E-state index contributed by atoms with van der Waals surface area (Å²) in [6, 6.07) is 17.8. The van der Waals surface area contributed by atoms with E-state index in [9.17, 15) is 4.79 Å². The average molecular weight is 348 g/mol. The third-order valence-electron chi connectivity index (χ3n) is 4.41. The Balaban J connectivity index is 1.98. The van der Waals surface area contributed by atoms with E-state index in [1.807, 2.05) is 69.3 Å². The van der Waals surface area contributed by atoms with Crippen LogP contribution in [-0.4, -0.2) is 23.6 Å². The molecule has 1 atom stereocenters. The van der Waals surface area contributed by atoms with E-state index in [0.717, 1.165) is 22.1 Å². The lowest BCUT2D eigenvalue weighted by atomic mass is 9.97. The zero-order chi connectivity index (χ0) is 18.7. The molecule has 0 bridgehead atoms. The highest BCUT2D eigenvalue weighted by Crippen LogP contribution is 2.25. The Labute approximate surface area is 153 Å². The van der Waals surface area contributed by atoms with Crippen LogP contribution in [0, 0.1) is 0 Å². The first-order valence-corrected chi connectivity index (χ1v) is 8.83. The monoisotopic (exact) mass is 348 g/mol. The largest absolute Gasteiger partial charge is 0.497 e. The number of pyridine rings is 1. The lowest BCUT2D eigenvalue weighted by Crippen LogP contribution is -2.30. The van der Waals surface area contributed by atoms with E-state index in [2.05, 4.69) is 11.1 Å². The van der Waals surface area contributed by atoms with Gasteiger partial charge in [-0.25, -0.2) is 0 Å². The number of carbonyl (C=O) groups excluding carboxylic acids is 1. The van der Waals surface area contributed by atoms with Gasteiger partial charge in [-0.05, 0) is 61.4 Å². The number of nitrogens with zero attached hydrogens (tertiary/aromatic N) is 2. The summed E-state index contributed by atoms with van der Waals surface area (Å²) in [7, 11) is 1.66. The first-order valence-electron chi connectivity index (χ1n) is 8.83. The van der Waals surface area contributed by atoms with Crippen molar-refractivity contribution in [3.63, 3.8) is 0 Å². The van der Waals surface area contributed by atoms with Crippen LogP contribution in [0.15, 0.2) is 65.8 Å². The molecule has 0 spiro atoms. The predicted molar refractivity (Wildman–Crippen MR) is 105 cm³/mol. The van der Waals surface area contributed by atoms with Gasteiger partial charge in [-0.1, -0.05) is 30.3 Å². The SMILES string of the molecule is COc1ccc2cc([C@H](C)C(=O)n3ccccc3=NC(C)C)ccc2c1. The predicted octanol–water partition coefficient (Wildman–Crippen LogP) is 4.40. The van der Waals surface area contributed by atoms with Crippen LogP contribution in [0.3, 0.4) is 0 Å². The summed E-state index contributed by atoms with van der Waals surface area (Å²) in [4.78, 5) is 17.6. The van der Waals surface area contributed by atoms with Crippen LogP contribution in [0.5, 0.6) is 5.75 Å². The molecule has 26 heavy (non-hydrogen) atoms. The molecule has 0 aliphatic heterocycles. The number of rotatable bonds is 4. The number of methoxy groups -OCH3 is 1. The second-order valence-electron chi connectivity index (χ2n) is 6.68. The second-order valence-corrected chi connectivity index (χ2v) is 6.68. The van der Waals surface area contributed by atoms with Crippen LogP contribution < -0.4 is 10.2 Å². The summed E-state index contributed by atoms with van der Waals surface area (Å²) in [5.41, 5.74) is 1.67. The molecule has 0 aliphatic rings. The lowest BCUT2D eigenvalue weighted by molar-refractivity contribution is 0.0879. The van der Waals surface area contributed by atoms with Gasteiger partial charge in [0.15, 0.2) is 0 Å². The van der Waals surface area contributed by atoms with Gasteiger partial charge >= 0.3 is 0 Å². The van der Waals surface area contributed by atoms with Crippen molar-refractivity contribution in [1.29, 1.82) is 0 Å². The number of hydrogen-bond acceptors (Lipinski definition) is 3. The van der Waals surface area contributed by atoms with E-state index in [0.29, 0.717) is 5.49 Å². The van der Waals surface area contributed by atoms with Gasteiger partial charge < -0.3 is 4.74 Å². The van der Waals surface area contributed by atoms with Crippen LogP contribution in [-0.2, 0) is 0 Å². The molecule has 0 radical (unpaired) electrons. The highest BCUT2D eigenvalue weighted by Gasteiger charge is 2.18. The number of carbonyl (C=O) groups is 1. The molecule has 134 valence electrons. The quantitative estimate of drug-likeness (QED) is 0.701. The third-order valence-corrected chi connectivity index (χ3v) is 4.41. The summed E-state index contributed by atoms with van der Waals surface area (Å²) >= 11 is 0. The maximum atomic E-state index is 13.1. The van der Waals surface area contributed by atoms with E-state index in [-0.39, 0.29) is 17.9 Å². The van der Waals surface area contributed by atoms with Crippen LogP contribution in [0.4, 0.5) is 0 Å². The van der Waals surface area contributed by atoms with Crippen molar-refractivity contribution < 1.29 is 9.53 Å². The van der Waals surface area contributed by atoms with Gasteiger partial charge in [-0.2, -0.15) is 0 Å². The average Bonchev–Trinajstić information content (AvgIpc) is 2.66. The molecule has 0 amide bonds. The summed E-state index contributed by atoms with van der Waals surface area (Å²) in [5.74, 6) is 0.571. The minimum atomic E-state index is -0.269. The number of ether oxygens (including phenoxy) is 1. The Bertz CT molecular complexity index is 1000. The molecular formula is C22H24N2O2. The summed E-state index contributed by atoms with van der Waals surface area (Å²) in [6.07, 6.45) is 1.78. The van der Waals surface area contributed by atoms with Crippen molar-refractivity contribution in [2.45, 2.75) is 32.7 Å². The smallest absolute Gasteiger partial charge is 0.239 e. The zero-order valence-corrected chi connectivity index (χ0v) is 15.6. The first kappa shape index (κ1) is 17.9. The summed E-state index contributed by atoms with van der Waals surface area (Å²) in [5, 5.41) is 2.18. The standard InChI is InChI=1S/C22H24N2O2/c1-15(2)23-21-7-5-6-12-24(21)22(25)16(3)17-8-9-19-14-20(26-4)11-10-18(19)13-17/h5-16H,1-4H3/t16-/m0/s1. The Morgan fingerprint density at radius 2 is 1.73 bits per heavy atom. The highest BCUT2D eigenvalue weighted by atomic mass is 16.5. The molecule has 2 aromatic carbocycles. The molecule has 0 N–H and O–H groups in total. The van der Waals surface area contributed by atoms with Gasteiger partial charge in [0.05, 0.1) is 13.0 Å². The zero-order valence-electron chi connectivity index (χ0n) is 15.6. The Hall–Kier alpha value is -2.88. The lowest BCUT2D eigenvalue weighted by Gasteiger charge is -2.15. The van der Waals surface area contributed by atoms with Crippen molar-refractivity contribution in [2.24, 2.45) is 4.99 Å². The van der Waals surface area contributed by atoms with Gasteiger partial charge in [-0.15, -0.1) is 0 Å². The van der Waals surface area contributed by atoms with Crippen LogP contribution in [0.1, 0.15) is 37.0 Å². The van der Waals surface area contributed by atoms with Crippen molar-refractivity contribution in [3.05, 3.63) is 71.8 Å². The van der Waals surface area contributed by atoms with Gasteiger partial charge in [0.2, 0.25) is 5.91 Å². The molecule has 0 saturated heterocycles. The molecular weight excluding hydrogens is 324 g/mol. The molecule has 4 nitrogen and oxygen atoms in total. The fourth-order valence-corrected chi connectivity index (χ4v) is 2.98. The Kier molecular flexibility index (Phi) is 5.21. The number of benzene rings is 2. The van der Waals surface area contributed by atoms with Crippen LogP contribution >= 0.6 is 0 Å². The molecule has 1 aromatic heterocycles. The van der Waals surface area contributed by atoms with E-state index in [4.69, 9.17) is 4.74 Å². The van der Waals surface area contributed by atoms with Crippen molar-refractivity contribution in [1.82, 2.24) is 4.57 Å². The fraction of sp³-hybridized carbons (Fsp3) is 0.273. The number of fused-ring (bicyclic) bond motifs is 1. The fourth-order valence-electron chi connectivity index (χ4n) is 2.98. The molecule has 0 fully saturated rings. The van der Waals surface area contributed by atoms with E-state index in [1.54, 1.807) is 17.9 Å². The number of hydrogen-bond donors (Lipinski definition) is 0. The van der Waals surface area contributed by atoms with Gasteiger partial charge in [0.1, 0.15) is 11.2 Å². The van der Waals surface area contributed by atoms with Gasteiger partial charge in [0.25, 0.3) is 0 Å².